The molecule has 0 fully saturated rings. The van der Waals surface area contributed by atoms with Crippen molar-refractivity contribution in [2.75, 3.05) is 17.2 Å². The summed E-state index contributed by atoms with van der Waals surface area (Å²) in [5, 5.41) is 22.7. The molecule has 1 heterocycles. The van der Waals surface area contributed by atoms with Gasteiger partial charge in [0.25, 0.3) is 0 Å². The number of halogens is 1. The molecule has 0 spiro atoms. The summed E-state index contributed by atoms with van der Waals surface area (Å²) in [6, 6.07) is 15.7. The van der Waals surface area contributed by atoms with Crippen LogP contribution < -0.4 is 10.6 Å². The van der Waals surface area contributed by atoms with Gasteiger partial charge in [0.1, 0.15) is 5.82 Å². The number of nitriles is 1. The highest BCUT2D eigenvalue weighted by Crippen LogP contribution is 2.14. The van der Waals surface area contributed by atoms with Gasteiger partial charge in [-0.2, -0.15) is 15.3 Å². The molecule has 0 aliphatic rings. The Bertz CT molecular complexity index is 889. The molecule has 0 unspecified atom stereocenters. The Kier molecular flexibility index (Phi) is 5.12. The van der Waals surface area contributed by atoms with Crippen molar-refractivity contribution in [2.45, 2.75) is 6.42 Å². The SMILES string of the molecule is N#Cc1ccc(Nc2nncc(NCCc3ccccc3F)n2)cc1. The molecule has 0 atom stereocenters. The largest absolute Gasteiger partial charge is 0.368 e. The van der Waals surface area contributed by atoms with Crippen molar-refractivity contribution in [2.24, 2.45) is 0 Å². The minimum absolute atomic E-state index is 0.215. The van der Waals surface area contributed by atoms with E-state index in [0.717, 1.165) is 5.69 Å². The van der Waals surface area contributed by atoms with Crippen LogP contribution in [0.15, 0.2) is 54.7 Å². The fourth-order valence-corrected chi connectivity index (χ4v) is 2.23. The van der Waals surface area contributed by atoms with Gasteiger partial charge in [-0.05, 0) is 42.3 Å². The van der Waals surface area contributed by atoms with E-state index in [4.69, 9.17) is 5.26 Å². The third-order valence-electron chi connectivity index (χ3n) is 3.49. The van der Waals surface area contributed by atoms with Gasteiger partial charge in [0, 0.05) is 12.2 Å². The third-order valence-corrected chi connectivity index (χ3v) is 3.49. The smallest absolute Gasteiger partial charge is 0.249 e. The van der Waals surface area contributed by atoms with Gasteiger partial charge in [-0.3, -0.25) is 0 Å². The van der Waals surface area contributed by atoms with E-state index >= 15 is 0 Å². The average molecular weight is 334 g/mol. The molecule has 3 rings (SSSR count). The van der Waals surface area contributed by atoms with E-state index in [2.05, 4.69) is 31.9 Å². The van der Waals surface area contributed by atoms with Crippen molar-refractivity contribution >= 4 is 17.5 Å². The second kappa shape index (κ2) is 7.84. The molecule has 0 amide bonds. The lowest BCUT2D eigenvalue weighted by Gasteiger charge is -2.08. The Hall–Kier alpha value is -3.53. The molecule has 0 saturated heterocycles. The molecular formula is C18H15FN6. The standard InChI is InChI=1S/C18H15FN6/c19-16-4-2-1-3-14(16)9-10-21-17-12-22-25-18(24-17)23-15-7-5-13(11-20)6-8-15/h1-8,12H,9-10H2,(H2,21,23,24,25). The van der Waals surface area contributed by atoms with Gasteiger partial charge in [-0.15, -0.1) is 5.10 Å². The molecule has 2 aromatic carbocycles. The zero-order valence-corrected chi connectivity index (χ0v) is 13.3. The van der Waals surface area contributed by atoms with Crippen molar-refractivity contribution in [3.63, 3.8) is 0 Å². The normalized spacial score (nSPS) is 10.1. The monoisotopic (exact) mass is 334 g/mol. The maximum absolute atomic E-state index is 13.6. The van der Waals surface area contributed by atoms with Crippen molar-refractivity contribution in [3.05, 3.63) is 71.7 Å². The molecule has 0 aliphatic carbocycles. The van der Waals surface area contributed by atoms with Gasteiger partial charge in [0.2, 0.25) is 5.95 Å². The van der Waals surface area contributed by atoms with E-state index in [1.807, 2.05) is 6.07 Å². The summed E-state index contributed by atoms with van der Waals surface area (Å²) < 4.78 is 13.6. The molecular weight excluding hydrogens is 319 g/mol. The van der Waals surface area contributed by atoms with Crippen molar-refractivity contribution in [1.29, 1.82) is 5.26 Å². The van der Waals surface area contributed by atoms with Gasteiger partial charge >= 0.3 is 0 Å². The summed E-state index contributed by atoms with van der Waals surface area (Å²) in [5.41, 5.74) is 1.98. The first-order valence-electron chi connectivity index (χ1n) is 7.69. The Morgan fingerprint density at radius 3 is 2.64 bits per heavy atom. The Morgan fingerprint density at radius 2 is 1.88 bits per heavy atom. The van der Waals surface area contributed by atoms with E-state index in [0.29, 0.717) is 35.9 Å². The molecule has 6 nitrogen and oxygen atoms in total. The van der Waals surface area contributed by atoms with Crippen LogP contribution in [0.5, 0.6) is 0 Å². The van der Waals surface area contributed by atoms with Crippen LogP contribution in [0, 0.1) is 17.1 Å². The van der Waals surface area contributed by atoms with Gasteiger partial charge in [-0.1, -0.05) is 18.2 Å². The van der Waals surface area contributed by atoms with Gasteiger partial charge < -0.3 is 10.6 Å². The van der Waals surface area contributed by atoms with Gasteiger partial charge in [0.05, 0.1) is 17.8 Å². The van der Waals surface area contributed by atoms with Crippen LogP contribution in [0.1, 0.15) is 11.1 Å². The summed E-state index contributed by atoms with van der Waals surface area (Å²) in [6.07, 6.45) is 2.04. The minimum atomic E-state index is -0.215. The third kappa shape index (κ3) is 4.48. The second-order valence-corrected chi connectivity index (χ2v) is 5.25. The number of anilines is 3. The molecule has 3 aromatic rings. The summed E-state index contributed by atoms with van der Waals surface area (Å²) in [7, 11) is 0. The van der Waals surface area contributed by atoms with Crippen LogP contribution >= 0.6 is 0 Å². The number of benzene rings is 2. The van der Waals surface area contributed by atoms with Crippen LogP contribution in [0.4, 0.5) is 21.8 Å². The molecule has 0 radical (unpaired) electrons. The molecule has 7 heteroatoms. The lowest BCUT2D eigenvalue weighted by Crippen LogP contribution is -2.09. The Labute approximate surface area is 144 Å². The van der Waals surface area contributed by atoms with E-state index in [-0.39, 0.29) is 5.82 Å². The van der Waals surface area contributed by atoms with Crippen LogP contribution in [0.2, 0.25) is 0 Å². The average Bonchev–Trinajstić information content (AvgIpc) is 2.64. The highest BCUT2D eigenvalue weighted by Gasteiger charge is 2.03. The van der Waals surface area contributed by atoms with Crippen molar-refractivity contribution in [1.82, 2.24) is 15.2 Å². The Balaban J connectivity index is 1.59. The number of nitrogens with one attached hydrogen (secondary N) is 2. The van der Waals surface area contributed by atoms with Gasteiger partial charge in [-0.25, -0.2) is 4.39 Å². The summed E-state index contributed by atoms with van der Waals surface area (Å²) in [5.74, 6) is 0.663. The summed E-state index contributed by atoms with van der Waals surface area (Å²) in [6.45, 7) is 0.524. The number of nitrogens with zero attached hydrogens (tertiary/aromatic N) is 4. The molecule has 2 N–H and O–H groups in total. The molecule has 124 valence electrons. The molecule has 0 saturated carbocycles. The molecule has 0 bridgehead atoms. The van der Waals surface area contributed by atoms with E-state index in [1.54, 1.807) is 36.4 Å². The van der Waals surface area contributed by atoms with Gasteiger partial charge in [0.15, 0.2) is 5.82 Å². The molecule has 0 aliphatic heterocycles. The summed E-state index contributed by atoms with van der Waals surface area (Å²) >= 11 is 0. The zero-order valence-electron chi connectivity index (χ0n) is 13.3. The first-order chi connectivity index (χ1) is 12.2. The zero-order chi connectivity index (χ0) is 17.5. The lowest BCUT2D eigenvalue weighted by atomic mass is 10.1. The fraction of sp³-hybridized carbons (Fsp3) is 0.111. The first kappa shape index (κ1) is 16.3. The second-order valence-electron chi connectivity index (χ2n) is 5.25. The highest BCUT2D eigenvalue weighted by atomic mass is 19.1. The first-order valence-corrected chi connectivity index (χ1v) is 7.69. The number of rotatable bonds is 6. The molecule has 25 heavy (non-hydrogen) atoms. The maximum Gasteiger partial charge on any atom is 0.249 e. The van der Waals surface area contributed by atoms with Crippen LogP contribution in [0.25, 0.3) is 0 Å². The van der Waals surface area contributed by atoms with E-state index in [1.165, 1.54) is 12.3 Å². The predicted molar refractivity (Wildman–Crippen MR) is 92.9 cm³/mol. The van der Waals surface area contributed by atoms with E-state index in [9.17, 15) is 4.39 Å². The topological polar surface area (TPSA) is 86.5 Å². The molecule has 1 aromatic heterocycles. The number of aromatic nitrogens is 3. The fourth-order valence-electron chi connectivity index (χ4n) is 2.23. The quantitative estimate of drug-likeness (QED) is 0.719. The lowest BCUT2D eigenvalue weighted by molar-refractivity contribution is 0.610. The minimum Gasteiger partial charge on any atom is -0.368 e. The van der Waals surface area contributed by atoms with Crippen LogP contribution in [0.3, 0.4) is 0 Å². The van der Waals surface area contributed by atoms with E-state index < -0.39 is 0 Å². The van der Waals surface area contributed by atoms with Crippen molar-refractivity contribution < 1.29 is 4.39 Å². The van der Waals surface area contributed by atoms with Crippen molar-refractivity contribution in [3.8, 4) is 6.07 Å². The van der Waals surface area contributed by atoms with Crippen LogP contribution in [-0.4, -0.2) is 21.7 Å². The maximum atomic E-state index is 13.6. The number of hydrogen-bond acceptors (Lipinski definition) is 6. The summed E-state index contributed by atoms with van der Waals surface area (Å²) in [4.78, 5) is 4.31. The number of hydrogen-bond donors (Lipinski definition) is 2. The predicted octanol–water partition coefficient (Wildman–Crippen LogP) is 3.28. The Morgan fingerprint density at radius 1 is 1.08 bits per heavy atom. The highest BCUT2D eigenvalue weighted by molar-refractivity contribution is 5.55. The van der Waals surface area contributed by atoms with Crippen LogP contribution in [-0.2, 0) is 6.42 Å².